The average Bonchev–Trinajstić information content (AvgIpc) is 2.61. The molecule has 0 radical (unpaired) electrons. The van der Waals surface area contributed by atoms with E-state index in [-0.39, 0.29) is 12.4 Å². The highest BCUT2D eigenvalue weighted by atomic mass is 35.5. The molecule has 2 N–H and O–H groups in total. The van der Waals surface area contributed by atoms with Crippen LogP contribution >= 0.6 is 23.2 Å². The van der Waals surface area contributed by atoms with E-state index >= 15 is 0 Å². The fourth-order valence-electron chi connectivity index (χ4n) is 2.43. The molecule has 0 fully saturated rings. The van der Waals surface area contributed by atoms with E-state index in [2.05, 4.69) is 10.6 Å². The minimum atomic E-state index is -0.388. The van der Waals surface area contributed by atoms with E-state index in [0.29, 0.717) is 33.7 Å². The number of rotatable bonds is 10. The van der Waals surface area contributed by atoms with Crippen LogP contribution in [0.4, 0.5) is 4.39 Å². The lowest BCUT2D eigenvalue weighted by atomic mass is 10.2. The molecule has 0 aliphatic heterocycles. The molecule has 7 heteroatoms. The fourth-order valence-corrected chi connectivity index (χ4v) is 2.94. The molecular weight excluding hydrogens is 378 g/mol. The fraction of sp³-hybridized carbons (Fsp3) is 0.368. The summed E-state index contributed by atoms with van der Waals surface area (Å²) in [5.41, 5.74) is 1.67. The van der Waals surface area contributed by atoms with Gasteiger partial charge in [0.2, 0.25) is 0 Å². The molecule has 2 aromatic carbocycles. The van der Waals surface area contributed by atoms with E-state index in [0.717, 1.165) is 25.1 Å². The summed E-state index contributed by atoms with van der Waals surface area (Å²) in [4.78, 5) is 0. The van der Waals surface area contributed by atoms with Crippen molar-refractivity contribution >= 4 is 23.2 Å². The Labute approximate surface area is 163 Å². The predicted molar refractivity (Wildman–Crippen MR) is 104 cm³/mol. The normalized spacial score (nSPS) is 10.8. The summed E-state index contributed by atoms with van der Waals surface area (Å²) >= 11 is 12.4. The molecule has 0 heterocycles. The molecule has 0 spiro atoms. The second-order valence-corrected chi connectivity index (χ2v) is 6.58. The van der Waals surface area contributed by atoms with Gasteiger partial charge in [-0.3, -0.25) is 0 Å². The molecule has 0 aliphatic carbocycles. The number of nitrogens with one attached hydrogen (secondary N) is 2. The van der Waals surface area contributed by atoms with Gasteiger partial charge >= 0.3 is 0 Å². The van der Waals surface area contributed by atoms with E-state index < -0.39 is 0 Å². The first-order valence-electron chi connectivity index (χ1n) is 8.33. The van der Waals surface area contributed by atoms with E-state index in [4.69, 9.17) is 32.7 Å². The zero-order valence-electron chi connectivity index (χ0n) is 14.9. The van der Waals surface area contributed by atoms with Crippen LogP contribution in [0.3, 0.4) is 0 Å². The van der Waals surface area contributed by atoms with Gasteiger partial charge in [-0.1, -0.05) is 29.3 Å². The maximum atomic E-state index is 13.1. The van der Waals surface area contributed by atoms with Crippen molar-refractivity contribution in [2.24, 2.45) is 0 Å². The summed E-state index contributed by atoms with van der Waals surface area (Å²) in [5.74, 6) is 0.595. The highest BCUT2D eigenvalue weighted by molar-refractivity contribution is 6.32. The van der Waals surface area contributed by atoms with Crippen LogP contribution in [0.15, 0.2) is 30.3 Å². The van der Waals surface area contributed by atoms with Gasteiger partial charge in [-0.05, 0) is 56.4 Å². The van der Waals surface area contributed by atoms with Crippen LogP contribution in [-0.2, 0) is 13.2 Å². The zero-order valence-corrected chi connectivity index (χ0v) is 16.4. The monoisotopic (exact) mass is 400 g/mol. The van der Waals surface area contributed by atoms with Gasteiger partial charge in [0.15, 0.2) is 11.5 Å². The summed E-state index contributed by atoms with van der Waals surface area (Å²) in [6.07, 6.45) is 1.04. The Balaban J connectivity index is 2.03. The Morgan fingerprint density at radius 2 is 1.88 bits per heavy atom. The maximum Gasteiger partial charge on any atom is 0.180 e. The molecule has 142 valence electrons. The Hall–Kier alpha value is -1.53. The summed E-state index contributed by atoms with van der Waals surface area (Å²) in [6.45, 7) is 2.72. The third-order valence-corrected chi connectivity index (χ3v) is 4.42. The summed E-state index contributed by atoms with van der Waals surface area (Å²) in [7, 11) is 3.50. The molecule has 2 rings (SSSR count). The topological polar surface area (TPSA) is 42.5 Å². The van der Waals surface area contributed by atoms with Crippen molar-refractivity contribution in [3.8, 4) is 11.5 Å². The maximum absolute atomic E-state index is 13.1. The van der Waals surface area contributed by atoms with Crippen molar-refractivity contribution in [2.45, 2.75) is 19.6 Å². The van der Waals surface area contributed by atoms with Crippen LogP contribution in [0.25, 0.3) is 0 Å². The number of hydrogen-bond acceptors (Lipinski definition) is 4. The van der Waals surface area contributed by atoms with Crippen molar-refractivity contribution in [1.29, 1.82) is 0 Å². The molecule has 26 heavy (non-hydrogen) atoms. The van der Waals surface area contributed by atoms with E-state index in [1.807, 2.05) is 19.2 Å². The standard InChI is InChI=1S/C19H23Cl2FN2O2/c1-23-6-3-7-24-11-13-8-17(21)19(18(9-13)25-2)26-12-14-4-5-15(22)10-16(14)20/h4-5,8-10,23-24H,3,6-7,11-12H2,1-2H3. The number of halogens is 3. The number of ether oxygens (including phenoxy) is 2. The molecule has 4 nitrogen and oxygen atoms in total. The van der Waals surface area contributed by atoms with Crippen LogP contribution in [0.2, 0.25) is 10.0 Å². The van der Waals surface area contributed by atoms with E-state index in [9.17, 15) is 4.39 Å². The molecule has 0 saturated heterocycles. The molecule has 0 unspecified atom stereocenters. The quantitative estimate of drug-likeness (QED) is 0.579. The molecule has 0 aliphatic rings. The number of benzene rings is 2. The second-order valence-electron chi connectivity index (χ2n) is 5.77. The molecule has 2 aromatic rings. The van der Waals surface area contributed by atoms with Crippen molar-refractivity contribution in [2.75, 3.05) is 27.2 Å². The van der Waals surface area contributed by atoms with Crippen molar-refractivity contribution < 1.29 is 13.9 Å². The van der Waals surface area contributed by atoms with Gasteiger partial charge in [0.25, 0.3) is 0 Å². The minimum absolute atomic E-state index is 0.163. The van der Waals surface area contributed by atoms with Crippen LogP contribution in [0.1, 0.15) is 17.5 Å². The van der Waals surface area contributed by atoms with Crippen molar-refractivity contribution in [3.05, 3.63) is 57.3 Å². The highest BCUT2D eigenvalue weighted by Gasteiger charge is 2.13. The molecule has 0 amide bonds. The van der Waals surface area contributed by atoms with Crippen LogP contribution < -0.4 is 20.1 Å². The predicted octanol–water partition coefficient (Wildman–Crippen LogP) is 4.42. The largest absolute Gasteiger partial charge is 0.493 e. The second kappa shape index (κ2) is 10.6. The Morgan fingerprint density at radius 1 is 1.08 bits per heavy atom. The minimum Gasteiger partial charge on any atom is -0.493 e. The van der Waals surface area contributed by atoms with Crippen molar-refractivity contribution in [1.82, 2.24) is 10.6 Å². The summed E-state index contributed by atoms with van der Waals surface area (Å²) in [5, 5.41) is 7.23. The molecule has 0 saturated carbocycles. The molecule has 0 atom stereocenters. The third kappa shape index (κ3) is 6.02. The van der Waals surface area contributed by atoms with Gasteiger partial charge in [0.05, 0.1) is 17.2 Å². The molecular formula is C19H23Cl2FN2O2. The first kappa shape index (κ1) is 20.8. The Kier molecular flexibility index (Phi) is 8.45. The van der Waals surface area contributed by atoms with Crippen LogP contribution in [0, 0.1) is 5.82 Å². The van der Waals surface area contributed by atoms with Crippen molar-refractivity contribution in [3.63, 3.8) is 0 Å². The van der Waals surface area contributed by atoms with Gasteiger partial charge in [-0.2, -0.15) is 0 Å². The van der Waals surface area contributed by atoms with Gasteiger partial charge in [0.1, 0.15) is 12.4 Å². The molecule has 0 bridgehead atoms. The average molecular weight is 401 g/mol. The highest BCUT2D eigenvalue weighted by Crippen LogP contribution is 2.37. The summed E-state index contributed by atoms with van der Waals surface area (Å²) in [6, 6.07) is 7.91. The molecule has 0 aromatic heterocycles. The van der Waals surface area contributed by atoms with E-state index in [1.54, 1.807) is 13.2 Å². The lowest BCUT2D eigenvalue weighted by Gasteiger charge is -2.15. The van der Waals surface area contributed by atoms with Gasteiger partial charge in [-0.15, -0.1) is 0 Å². The smallest absolute Gasteiger partial charge is 0.180 e. The lowest BCUT2D eigenvalue weighted by Crippen LogP contribution is -2.19. The third-order valence-electron chi connectivity index (χ3n) is 3.79. The summed E-state index contributed by atoms with van der Waals surface area (Å²) < 4.78 is 24.3. The lowest BCUT2D eigenvalue weighted by molar-refractivity contribution is 0.284. The van der Waals surface area contributed by atoms with Gasteiger partial charge in [0, 0.05) is 12.1 Å². The van der Waals surface area contributed by atoms with Crippen LogP contribution in [-0.4, -0.2) is 27.2 Å². The zero-order chi connectivity index (χ0) is 18.9. The number of methoxy groups -OCH3 is 1. The number of hydrogen-bond donors (Lipinski definition) is 2. The SMILES string of the molecule is CNCCCNCc1cc(Cl)c(OCc2ccc(F)cc2Cl)c(OC)c1. The van der Waals surface area contributed by atoms with Gasteiger partial charge < -0.3 is 20.1 Å². The van der Waals surface area contributed by atoms with E-state index in [1.165, 1.54) is 12.1 Å². The Bertz CT molecular complexity index is 729. The van der Waals surface area contributed by atoms with Crippen LogP contribution in [0.5, 0.6) is 11.5 Å². The first-order chi connectivity index (χ1) is 12.5. The Morgan fingerprint density at radius 3 is 2.58 bits per heavy atom. The first-order valence-corrected chi connectivity index (χ1v) is 9.09. The van der Waals surface area contributed by atoms with Gasteiger partial charge in [-0.25, -0.2) is 4.39 Å².